The summed E-state index contributed by atoms with van der Waals surface area (Å²) in [6.07, 6.45) is 4.21. The van der Waals surface area contributed by atoms with Crippen molar-refractivity contribution in [3.63, 3.8) is 0 Å². The van der Waals surface area contributed by atoms with Crippen molar-refractivity contribution in [2.45, 2.75) is 33.1 Å². The Bertz CT molecular complexity index is 86.7. The molecule has 1 atom stereocenters. The topological polar surface area (TPSA) is 12.0 Å². The lowest BCUT2D eigenvalue weighted by Gasteiger charge is -2.29. The van der Waals surface area contributed by atoms with Crippen LogP contribution in [0.3, 0.4) is 0 Å². The third kappa shape index (κ3) is 2.30. The zero-order valence-corrected chi connectivity index (χ0v) is 7.19. The van der Waals surface area contributed by atoms with Crippen LogP contribution in [0.4, 0.5) is 0 Å². The van der Waals surface area contributed by atoms with Crippen LogP contribution in [0.25, 0.3) is 0 Å². The molecule has 0 saturated carbocycles. The van der Waals surface area contributed by atoms with E-state index in [1.807, 2.05) is 0 Å². The van der Waals surface area contributed by atoms with Crippen molar-refractivity contribution >= 4 is 0 Å². The van der Waals surface area contributed by atoms with Crippen molar-refractivity contribution in [3.8, 4) is 0 Å². The number of rotatable bonds is 4. The summed E-state index contributed by atoms with van der Waals surface area (Å²) in [5.74, 6) is 1.96. The van der Waals surface area contributed by atoms with Crippen LogP contribution in [0.2, 0.25) is 0 Å². The summed E-state index contributed by atoms with van der Waals surface area (Å²) in [7, 11) is 0. The summed E-state index contributed by atoms with van der Waals surface area (Å²) in [6, 6.07) is 0. The van der Waals surface area contributed by atoms with Crippen molar-refractivity contribution in [3.05, 3.63) is 0 Å². The molecule has 1 unspecified atom stereocenters. The van der Waals surface area contributed by atoms with Gasteiger partial charge in [-0.3, -0.25) is 0 Å². The van der Waals surface area contributed by atoms with E-state index >= 15 is 0 Å². The van der Waals surface area contributed by atoms with Gasteiger partial charge in [0.2, 0.25) is 0 Å². The Morgan fingerprint density at radius 1 is 1.50 bits per heavy atom. The van der Waals surface area contributed by atoms with E-state index in [-0.39, 0.29) is 0 Å². The molecular weight excluding hydrogens is 122 g/mol. The second kappa shape index (κ2) is 3.97. The van der Waals surface area contributed by atoms with Gasteiger partial charge in [0.25, 0.3) is 0 Å². The molecule has 1 heterocycles. The minimum Gasteiger partial charge on any atom is -0.316 e. The molecule has 1 aliphatic rings. The molecule has 10 heavy (non-hydrogen) atoms. The van der Waals surface area contributed by atoms with Crippen molar-refractivity contribution in [2.75, 3.05) is 13.1 Å². The zero-order valence-electron chi connectivity index (χ0n) is 7.19. The Balaban J connectivity index is 1.99. The lowest BCUT2D eigenvalue weighted by atomic mass is 9.89. The largest absolute Gasteiger partial charge is 0.316 e. The van der Waals surface area contributed by atoms with Crippen LogP contribution in [-0.4, -0.2) is 13.1 Å². The zero-order chi connectivity index (χ0) is 7.40. The molecule has 0 spiro atoms. The molecule has 1 saturated heterocycles. The Labute approximate surface area is 64.2 Å². The Hall–Kier alpha value is -0.0400. The number of hydrogen-bond donors (Lipinski definition) is 1. The summed E-state index contributed by atoms with van der Waals surface area (Å²) in [5.41, 5.74) is 0. The van der Waals surface area contributed by atoms with Gasteiger partial charge in [-0.05, 0) is 31.3 Å². The van der Waals surface area contributed by atoms with E-state index in [9.17, 15) is 0 Å². The smallest absolute Gasteiger partial charge is 0.000815 e. The molecule has 60 valence electrons. The normalized spacial score (nSPS) is 22.2. The van der Waals surface area contributed by atoms with E-state index in [0.717, 1.165) is 11.8 Å². The molecule has 0 amide bonds. The predicted molar refractivity (Wildman–Crippen MR) is 45.0 cm³/mol. The van der Waals surface area contributed by atoms with E-state index in [1.165, 1.54) is 32.4 Å². The first-order valence-electron chi connectivity index (χ1n) is 4.53. The summed E-state index contributed by atoms with van der Waals surface area (Å²) < 4.78 is 0. The molecular formula is C9H19N. The monoisotopic (exact) mass is 141 g/mol. The van der Waals surface area contributed by atoms with Crippen LogP contribution in [-0.2, 0) is 0 Å². The molecule has 0 aromatic rings. The molecule has 0 radical (unpaired) electrons. The molecule has 0 aliphatic carbocycles. The molecule has 0 aromatic heterocycles. The molecule has 1 aliphatic heterocycles. The van der Waals surface area contributed by atoms with E-state index in [2.05, 4.69) is 19.2 Å². The van der Waals surface area contributed by atoms with Crippen molar-refractivity contribution in [1.29, 1.82) is 0 Å². The summed E-state index contributed by atoms with van der Waals surface area (Å²) in [4.78, 5) is 0. The predicted octanol–water partition coefficient (Wildman–Crippen LogP) is 2.03. The average Bonchev–Trinajstić information content (AvgIpc) is 1.80. The maximum Gasteiger partial charge on any atom is -0.000815 e. The molecule has 1 N–H and O–H groups in total. The number of hydrogen-bond acceptors (Lipinski definition) is 1. The second-order valence-electron chi connectivity index (χ2n) is 3.65. The van der Waals surface area contributed by atoms with E-state index in [0.29, 0.717) is 0 Å². The third-order valence-corrected chi connectivity index (χ3v) is 2.38. The minimum atomic E-state index is 0.956. The fraction of sp³-hybridized carbons (Fsp3) is 1.00. The van der Waals surface area contributed by atoms with Crippen LogP contribution >= 0.6 is 0 Å². The summed E-state index contributed by atoms with van der Waals surface area (Å²) >= 11 is 0. The SMILES string of the molecule is CCCC(C)CC1CNC1. The summed E-state index contributed by atoms with van der Waals surface area (Å²) in [6.45, 7) is 7.19. The minimum absolute atomic E-state index is 0.956. The maximum atomic E-state index is 3.31. The fourth-order valence-corrected chi connectivity index (χ4v) is 1.69. The highest BCUT2D eigenvalue weighted by Crippen LogP contribution is 2.19. The molecule has 0 bridgehead atoms. The maximum absolute atomic E-state index is 3.31. The lowest BCUT2D eigenvalue weighted by Crippen LogP contribution is -2.42. The summed E-state index contributed by atoms with van der Waals surface area (Å²) in [5, 5.41) is 3.31. The molecule has 1 nitrogen and oxygen atoms in total. The van der Waals surface area contributed by atoms with Gasteiger partial charge >= 0.3 is 0 Å². The quantitative estimate of drug-likeness (QED) is 0.631. The van der Waals surface area contributed by atoms with Crippen molar-refractivity contribution in [1.82, 2.24) is 5.32 Å². The highest BCUT2D eigenvalue weighted by Gasteiger charge is 2.18. The van der Waals surface area contributed by atoms with Crippen LogP contribution in [0.15, 0.2) is 0 Å². The van der Waals surface area contributed by atoms with Crippen LogP contribution < -0.4 is 5.32 Å². The van der Waals surface area contributed by atoms with Gasteiger partial charge in [-0.2, -0.15) is 0 Å². The standard InChI is InChI=1S/C9H19N/c1-3-4-8(2)5-9-6-10-7-9/h8-10H,3-7H2,1-2H3. The Morgan fingerprint density at radius 3 is 2.60 bits per heavy atom. The van der Waals surface area contributed by atoms with Gasteiger partial charge < -0.3 is 5.32 Å². The average molecular weight is 141 g/mol. The molecule has 0 aromatic carbocycles. The molecule has 1 fully saturated rings. The highest BCUT2D eigenvalue weighted by atomic mass is 14.9. The van der Waals surface area contributed by atoms with Gasteiger partial charge in [0.05, 0.1) is 0 Å². The fourth-order valence-electron chi connectivity index (χ4n) is 1.69. The van der Waals surface area contributed by atoms with E-state index in [4.69, 9.17) is 0 Å². The van der Waals surface area contributed by atoms with E-state index in [1.54, 1.807) is 0 Å². The van der Waals surface area contributed by atoms with Gasteiger partial charge in [-0.15, -0.1) is 0 Å². The van der Waals surface area contributed by atoms with Gasteiger partial charge in [0, 0.05) is 0 Å². The van der Waals surface area contributed by atoms with Crippen LogP contribution in [0.1, 0.15) is 33.1 Å². The first-order chi connectivity index (χ1) is 4.83. The van der Waals surface area contributed by atoms with Gasteiger partial charge in [-0.1, -0.05) is 26.7 Å². The molecule has 1 heteroatoms. The van der Waals surface area contributed by atoms with Gasteiger partial charge in [0.1, 0.15) is 0 Å². The third-order valence-electron chi connectivity index (χ3n) is 2.38. The van der Waals surface area contributed by atoms with E-state index < -0.39 is 0 Å². The van der Waals surface area contributed by atoms with Crippen LogP contribution in [0, 0.1) is 11.8 Å². The highest BCUT2D eigenvalue weighted by molar-refractivity contribution is 4.76. The Kier molecular flexibility index (Phi) is 3.20. The van der Waals surface area contributed by atoms with Gasteiger partial charge in [-0.25, -0.2) is 0 Å². The number of nitrogens with one attached hydrogen (secondary N) is 1. The van der Waals surface area contributed by atoms with Crippen LogP contribution in [0.5, 0.6) is 0 Å². The molecule has 1 rings (SSSR count). The lowest BCUT2D eigenvalue weighted by molar-refractivity contribution is 0.276. The Morgan fingerprint density at radius 2 is 2.20 bits per heavy atom. The first-order valence-corrected chi connectivity index (χ1v) is 4.53. The second-order valence-corrected chi connectivity index (χ2v) is 3.65. The van der Waals surface area contributed by atoms with Gasteiger partial charge in [0.15, 0.2) is 0 Å². The first kappa shape index (κ1) is 8.06. The van der Waals surface area contributed by atoms with Crippen molar-refractivity contribution < 1.29 is 0 Å². The van der Waals surface area contributed by atoms with Crippen molar-refractivity contribution in [2.24, 2.45) is 11.8 Å².